The molecule has 0 radical (unpaired) electrons. The fraction of sp³-hybridized carbons (Fsp3) is 0.588. The molecule has 3 N–H and O–H groups in total. The summed E-state index contributed by atoms with van der Waals surface area (Å²) < 4.78 is 11.1. The third-order valence-electron chi connectivity index (χ3n) is 3.43. The zero-order valence-corrected chi connectivity index (χ0v) is 14.3. The van der Waals surface area contributed by atoms with Crippen molar-refractivity contribution in [1.82, 2.24) is 5.32 Å². The van der Waals surface area contributed by atoms with Crippen molar-refractivity contribution in [2.45, 2.75) is 52.8 Å². The van der Waals surface area contributed by atoms with Crippen molar-refractivity contribution in [3.63, 3.8) is 0 Å². The molecule has 1 aromatic rings. The van der Waals surface area contributed by atoms with Crippen LogP contribution in [0.5, 0.6) is 11.5 Å². The highest BCUT2D eigenvalue weighted by Crippen LogP contribution is 2.31. The van der Waals surface area contributed by atoms with Crippen LogP contribution in [-0.2, 0) is 4.79 Å². The standard InChI is InChI=1S/C17H28N2O3/c1-10(2)16(18)17(20)19-12(5)13-7-8-14(22-11(3)4)15(9-13)21-6/h7-12,16H,18H2,1-6H3,(H,19,20)/t12?,16-/m0/s1. The number of carbonyl (C=O) groups excluding carboxylic acids is 1. The van der Waals surface area contributed by atoms with Gasteiger partial charge in [0.25, 0.3) is 0 Å². The van der Waals surface area contributed by atoms with E-state index in [9.17, 15) is 4.79 Å². The van der Waals surface area contributed by atoms with Crippen molar-refractivity contribution >= 4 is 5.91 Å². The van der Waals surface area contributed by atoms with Crippen molar-refractivity contribution in [3.8, 4) is 11.5 Å². The molecular formula is C17H28N2O3. The maximum atomic E-state index is 12.0. The van der Waals surface area contributed by atoms with Crippen LogP contribution in [0.15, 0.2) is 18.2 Å². The van der Waals surface area contributed by atoms with Gasteiger partial charge >= 0.3 is 0 Å². The molecule has 0 heterocycles. The second-order valence-electron chi connectivity index (χ2n) is 6.08. The molecule has 0 spiro atoms. The number of rotatable bonds is 7. The largest absolute Gasteiger partial charge is 0.493 e. The summed E-state index contributed by atoms with van der Waals surface area (Å²) in [5, 5.41) is 2.93. The smallest absolute Gasteiger partial charge is 0.237 e. The summed E-state index contributed by atoms with van der Waals surface area (Å²) in [5.41, 5.74) is 6.81. The van der Waals surface area contributed by atoms with E-state index in [1.807, 2.05) is 52.8 Å². The van der Waals surface area contributed by atoms with Gasteiger partial charge in [0.2, 0.25) is 5.91 Å². The Kier molecular flexibility index (Phi) is 6.68. The molecule has 1 unspecified atom stereocenters. The molecule has 5 nitrogen and oxygen atoms in total. The Morgan fingerprint density at radius 2 is 1.77 bits per heavy atom. The van der Waals surface area contributed by atoms with E-state index in [-0.39, 0.29) is 24.0 Å². The predicted molar refractivity (Wildman–Crippen MR) is 88.1 cm³/mol. The second-order valence-corrected chi connectivity index (χ2v) is 6.08. The number of methoxy groups -OCH3 is 1. The van der Waals surface area contributed by atoms with Crippen LogP contribution in [0.4, 0.5) is 0 Å². The van der Waals surface area contributed by atoms with Gasteiger partial charge in [0.15, 0.2) is 11.5 Å². The van der Waals surface area contributed by atoms with Crippen LogP contribution in [0.1, 0.15) is 46.2 Å². The highest BCUT2D eigenvalue weighted by atomic mass is 16.5. The third-order valence-corrected chi connectivity index (χ3v) is 3.43. The maximum absolute atomic E-state index is 12.0. The van der Waals surface area contributed by atoms with Crippen molar-refractivity contribution in [3.05, 3.63) is 23.8 Å². The quantitative estimate of drug-likeness (QED) is 0.812. The molecule has 0 fully saturated rings. The Hall–Kier alpha value is -1.75. The molecule has 2 atom stereocenters. The number of hydrogen-bond acceptors (Lipinski definition) is 4. The lowest BCUT2D eigenvalue weighted by Crippen LogP contribution is -2.44. The Labute approximate surface area is 133 Å². The predicted octanol–water partition coefficient (Wildman–Crippen LogP) is 2.64. The number of hydrogen-bond donors (Lipinski definition) is 2. The zero-order chi connectivity index (χ0) is 16.9. The minimum atomic E-state index is -0.507. The van der Waals surface area contributed by atoms with E-state index in [4.69, 9.17) is 15.2 Å². The second kappa shape index (κ2) is 8.03. The Morgan fingerprint density at radius 3 is 2.27 bits per heavy atom. The van der Waals surface area contributed by atoms with Gasteiger partial charge in [0.1, 0.15) is 0 Å². The van der Waals surface area contributed by atoms with Crippen LogP contribution in [0.25, 0.3) is 0 Å². The topological polar surface area (TPSA) is 73.6 Å². The zero-order valence-electron chi connectivity index (χ0n) is 14.3. The lowest BCUT2D eigenvalue weighted by Gasteiger charge is -2.21. The van der Waals surface area contributed by atoms with E-state index in [0.717, 1.165) is 5.56 Å². The van der Waals surface area contributed by atoms with E-state index in [0.29, 0.717) is 11.5 Å². The molecule has 22 heavy (non-hydrogen) atoms. The summed E-state index contributed by atoms with van der Waals surface area (Å²) in [6.45, 7) is 9.70. The van der Waals surface area contributed by atoms with E-state index in [2.05, 4.69) is 5.32 Å². The number of nitrogens with one attached hydrogen (secondary N) is 1. The molecule has 0 aromatic heterocycles. The van der Waals surface area contributed by atoms with Crippen molar-refractivity contribution in [2.75, 3.05) is 7.11 Å². The number of ether oxygens (including phenoxy) is 2. The highest BCUT2D eigenvalue weighted by molar-refractivity contribution is 5.82. The van der Waals surface area contributed by atoms with Gasteiger partial charge < -0.3 is 20.5 Å². The van der Waals surface area contributed by atoms with Crippen LogP contribution in [0.3, 0.4) is 0 Å². The molecule has 1 amide bonds. The molecule has 0 aliphatic carbocycles. The number of carbonyl (C=O) groups is 1. The first kappa shape index (κ1) is 18.3. The normalized spacial score (nSPS) is 13.9. The van der Waals surface area contributed by atoms with E-state index in [1.165, 1.54) is 0 Å². The molecule has 5 heteroatoms. The van der Waals surface area contributed by atoms with Crippen LogP contribution < -0.4 is 20.5 Å². The van der Waals surface area contributed by atoms with Crippen LogP contribution in [0.2, 0.25) is 0 Å². The summed E-state index contributed by atoms with van der Waals surface area (Å²) in [7, 11) is 1.60. The first-order chi connectivity index (χ1) is 10.3. The Balaban J connectivity index is 2.86. The maximum Gasteiger partial charge on any atom is 0.237 e. The summed E-state index contributed by atoms with van der Waals surface area (Å²) in [4.78, 5) is 12.0. The molecule has 0 saturated carbocycles. The fourth-order valence-electron chi connectivity index (χ4n) is 2.00. The minimum absolute atomic E-state index is 0.0703. The number of nitrogens with two attached hydrogens (primary N) is 1. The first-order valence-electron chi connectivity index (χ1n) is 7.66. The van der Waals surface area contributed by atoms with Gasteiger partial charge in [0, 0.05) is 0 Å². The molecule has 1 aromatic carbocycles. The molecule has 0 saturated heterocycles. The van der Waals surface area contributed by atoms with Gasteiger partial charge in [-0.15, -0.1) is 0 Å². The van der Waals surface area contributed by atoms with E-state index < -0.39 is 6.04 Å². The lowest BCUT2D eigenvalue weighted by molar-refractivity contribution is -0.123. The van der Waals surface area contributed by atoms with Crippen LogP contribution in [0, 0.1) is 5.92 Å². The van der Waals surface area contributed by atoms with E-state index >= 15 is 0 Å². The average molecular weight is 308 g/mol. The van der Waals surface area contributed by atoms with Crippen molar-refractivity contribution < 1.29 is 14.3 Å². The summed E-state index contributed by atoms with van der Waals surface area (Å²) in [6, 6.07) is 5.00. The Bertz CT molecular complexity index is 501. The summed E-state index contributed by atoms with van der Waals surface area (Å²) >= 11 is 0. The van der Waals surface area contributed by atoms with Crippen molar-refractivity contribution in [1.29, 1.82) is 0 Å². The number of amides is 1. The summed E-state index contributed by atoms with van der Waals surface area (Å²) in [5.74, 6) is 1.30. The third kappa shape index (κ3) is 4.91. The van der Waals surface area contributed by atoms with Gasteiger partial charge in [-0.1, -0.05) is 19.9 Å². The molecule has 1 rings (SSSR count). The molecule has 0 aliphatic rings. The van der Waals surface area contributed by atoms with E-state index in [1.54, 1.807) is 7.11 Å². The molecule has 0 bridgehead atoms. The fourth-order valence-corrected chi connectivity index (χ4v) is 2.00. The SMILES string of the molecule is COc1cc(C(C)NC(=O)[C@@H](N)C(C)C)ccc1OC(C)C. The monoisotopic (exact) mass is 308 g/mol. The van der Waals surface area contributed by atoms with Gasteiger partial charge in [0.05, 0.1) is 25.3 Å². The highest BCUT2D eigenvalue weighted by Gasteiger charge is 2.20. The van der Waals surface area contributed by atoms with Crippen molar-refractivity contribution in [2.24, 2.45) is 11.7 Å². The van der Waals surface area contributed by atoms with Crippen LogP contribution >= 0.6 is 0 Å². The van der Waals surface area contributed by atoms with Gasteiger partial charge in [-0.3, -0.25) is 4.79 Å². The Morgan fingerprint density at radius 1 is 1.14 bits per heavy atom. The minimum Gasteiger partial charge on any atom is -0.493 e. The van der Waals surface area contributed by atoms with Gasteiger partial charge in [-0.2, -0.15) is 0 Å². The summed E-state index contributed by atoms with van der Waals surface area (Å²) in [6.07, 6.45) is 0.0703. The molecule has 124 valence electrons. The lowest BCUT2D eigenvalue weighted by atomic mass is 10.0. The number of benzene rings is 1. The van der Waals surface area contributed by atoms with Gasteiger partial charge in [-0.05, 0) is 44.4 Å². The average Bonchev–Trinajstić information content (AvgIpc) is 2.45. The van der Waals surface area contributed by atoms with Crippen LogP contribution in [-0.4, -0.2) is 25.2 Å². The molecule has 0 aliphatic heterocycles. The van der Waals surface area contributed by atoms with Gasteiger partial charge in [-0.25, -0.2) is 0 Å². The first-order valence-corrected chi connectivity index (χ1v) is 7.66. The molecular weight excluding hydrogens is 280 g/mol.